The molecule has 25 heavy (non-hydrogen) atoms. The predicted octanol–water partition coefficient (Wildman–Crippen LogP) is 2.89. The average molecular weight is 346 g/mol. The van der Waals surface area contributed by atoms with Crippen molar-refractivity contribution < 1.29 is 9.53 Å². The molecule has 3 rings (SSSR count). The summed E-state index contributed by atoms with van der Waals surface area (Å²) < 4.78 is 5.84. The van der Waals surface area contributed by atoms with Gasteiger partial charge in [0.05, 0.1) is 6.54 Å². The van der Waals surface area contributed by atoms with Crippen LogP contribution in [-0.4, -0.2) is 52.7 Å². The molecule has 138 valence electrons. The summed E-state index contributed by atoms with van der Waals surface area (Å²) in [5, 5.41) is 0. The number of carbonyl (C=O) groups is 1. The summed E-state index contributed by atoms with van der Waals surface area (Å²) in [6.07, 6.45) is 5.57. The Morgan fingerprint density at radius 3 is 2.68 bits per heavy atom. The Balaban J connectivity index is 1.55. The van der Waals surface area contributed by atoms with Crippen LogP contribution in [0.5, 0.6) is 0 Å². The number of aromatic nitrogens is 1. The first kappa shape index (κ1) is 18.0. The number of anilines is 1. The van der Waals surface area contributed by atoms with Crippen LogP contribution in [-0.2, 0) is 11.3 Å². The Bertz CT molecular complexity index is 595. The third kappa shape index (κ3) is 4.06. The van der Waals surface area contributed by atoms with E-state index in [4.69, 9.17) is 10.5 Å². The van der Waals surface area contributed by atoms with Crippen molar-refractivity contribution in [1.82, 2.24) is 14.8 Å². The molecule has 2 fully saturated rings. The zero-order chi connectivity index (χ0) is 17.9. The van der Waals surface area contributed by atoms with Gasteiger partial charge in [-0.25, -0.2) is 9.78 Å². The largest absolute Gasteiger partial charge is 0.441 e. The first-order valence-electron chi connectivity index (χ1n) is 9.45. The van der Waals surface area contributed by atoms with Gasteiger partial charge < -0.3 is 15.4 Å². The van der Waals surface area contributed by atoms with E-state index >= 15 is 0 Å². The molecule has 0 bridgehead atoms. The highest BCUT2D eigenvalue weighted by molar-refractivity contribution is 5.70. The topological polar surface area (TPSA) is 71.7 Å². The molecule has 6 nitrogen and oxygen atoms in total. The fourth-order valence-corrected chi connectivity index (χ4v) is 3.90. The van der Waals surface area contributed by atoms with Gasteiger partial charge in [-0.2, -0.15) is 0 Å². The van der Waals surface area contributed by atoms with E-state index in [1.165, 1.54) is 0 Å². The monoisotopic (exact) mass is 346 g/mol. The van der Waals surface area contributed by atoms with Gasteiger partial charge in [-0.1, -0.05) is 32.8 Å². The zero-order valence-corrected chi connectivity index (χ0v) is 15.4. The first-order chi connectivity index (χ1) is 12.0. The Kier molecular flexibility index (Phi) is 5.47. The van der Waals surface area contributed by atoms with Crippen molar-refractivity contribution in [3.05, 3.63) is 23.9 Å². The van der Waals surface area contributed by atoms with Gasteiger partial charge in [0, 0.05) is 50.8 Å². The van der Waals surface area contributed by atoms with E-state index < -0.39 is 0 Å². The van der Waals surface area contributed by atoms with E-state index in [0.717, 1.165) is 64.0 Å². The second kappa shape index (κ2) is 7.60. The van der Waals surface area contributed by atoms with Gasteiger partial charge >= 0.3 is 6.09 Å². The molecular weight excluding hydrogens is 316 g/mol. The SMILES string of the molecule is CCC(CC)CN1CC2(CCN(Cc3cccnc3N)CC2)OC1=O. The van der Waals surface area contributed by atoms with E-state index in [-0.39, 0.29) is 11.7 Å². The zero-order valence-electron chi connectivity index (χ0n) is 15.4. The van der Waals surface area contributed by atoms with Crippen LogP contribution in [0.3, 0.4) is 0 Å². The summed E-state index contributed by atoms with van der Waals surface area (Å²) in [5.74, 6) is 1.17. The number of nitrogens with zero attached hydrogens (tertiary/aromatic N) is 3. The molecule has 0 aromatic carbocycles. The van der Waals surface area contributed by atoms with Crippen LogP contribution in [0.4, 0.5) is 10.6 Å². The summed E-state index contributed by atoms with van der Waals surface area (Å²) in [6, 6.07) is 3.95. The number of hydrogen-bond donors (Lipinski definition) is 1. The molecule has 2 aliphatic heterocycles. The lowest BCUT2D eigenvalue weighted by Gasteiger charge is -2.37. The maximum Gasteiger partial charge on any atom is 0.410 e. The molecule has 1 aromatic heterocycles. The summed E-state index contributed by atoms with van der Waals surface area (Å²) in [6.45, 7) is 8.58. The summed E-state index contributed by atoms with van der Waals surface area (Å²) in [4.78, 5) is 20.7. The van der Waals surface area contributed by atoms with Crippen molar-refractivity contribution in [1.29, 1.82) is 0 Å². The Morgan fingerprint density at radius 1 is 1.32 bits per heavy atom. The molecule has 3 heterocycles. The fraction of sp³-hybridized carbons (Fsp3) is 0.684. The molecule has 2 aliphatic rings. The highest BCUT2D eigenvalue weighted by Gasteiger charge is 2.47. The lowest BCUT2D eigenvalue weighted by atomic mass is 9.90. The third-order valence-electron chi connectivity index (χ3n) is 5.76. The van der Waals surface area contributed by atoms with Crippen LogP contribution in [0.15, 0.2) is 18.3 Å². The highest BCUT2D eigenvalue weighted by atomic mass is 16.6. The Labute approximate surface area is 150 Å². The normalized spacial score (nSPS) is 20.4. The van der Waals surface area contributed by atoms with Crippen LogP contribution in [0, 0.1) is 5.92 Å². The molecule has 2 N–H and O–H groups in total. The van der Waals surface area contributed by atoms with E-state index in [1.54, 1.807) is 6.20 Å². The van der Waals surface area contributed by atoms with Crippen LogP contribution in [0.2, 0.25) is 0 Å². The minimum Gasteiger partial charge on any atom is -0.441 e. The maximum atomic E-state index is 12.3. The van der Waals surface area contributed by atoms with Gasteiger partial charge in [-0.3, -0.25) is 4.90 Å². The number of amides is 1. The number of pyridine rings is 1. The van der Waals surface area contributed by atoms with Gasteiger partial charge in [-0.05, 0) is 12.0 Å². The predicted molar refractivity (Wildman–Crippen MR) is 98.0 cm³/mol. The number of nitrogen functional groups attached to an aromatic ring is 1. The molecule has 1 spiro atoms. The van der Waals surface area contributed by atoms with E-state index in [2.05, 4.69) is 23.7 Å². The summed E-state index contributed by atoms with van der Waals surface area (Å²) >= 11 is 0. The van der Waals surface area contributed by atoms with Crippen LogP contribution >= 0.6 is 0 Å². The molecule has 0 saturated carbocycles. The first-order valence-corrected chi connectivity index (χ1v) is 9.45. The molecule has 0 atom stereocenters. The van der Waals surface area contributed by atoms with Crippen molar-refractivity contribution in [2.24, 2.45) is 5.92 Å². The van der Waals surface area contributed by atoms with Crippen LogP contribution in [0.25, 0.3) is 0 Å². The quantitative estimate of drug-likeness (QED) is 0.857. The second-order valence-electron chi connectivity index (χ2n) is 7.44. The number of hydrogen-bond acceptors (Lipinski definition) is 5. The molecule has 1 aromatic rings. The van der Waals surface area contributed by atoms with Crippen molar-refractivity contribution >= 4 is 11.9 Å². The van der Waals surface area contributed by atoms with E-state index in [1.807, 2.05) is 17.0 Å². The van der Waals surface area contributed by atoms with Gasteiger partial charge in [0.25, 0.3) is 0 Å². The minimum absolute atomic E-state index is 0.128. The van der Waals surface area contributed by atoms with Crippen LogP contribution in [0.1, 0.15) is 45.1 Å². The molecule has 0 unspecified atom stereocenters. The number of rotatable bonds is 6. The Hall–Kier alpha value is -1.82. The number of nitrogens with two attached hydrogens (primary N) is 1. The lowest BCUT2D eigenvalue weighted by Crippen LogP contribution is -2.46. The average Bonchev–Trinajstić information content (AvgIpc) is 2.92. The number of ether oxygens (including phenoxy) is 1. The standard InChI is InChI=1S/C19H30N4O2/c1-3-15(4-2)12-23-14-19(25-18(23)24)7-10-22(11-8-19)13-16-6-5-9-21-17(16)20/h5-6,9,15H,3-4,7-8,10-14H2,1-2H3,(H2,20,21). The number of piperidine rings is 1. The van der Waals surface area contributed by atoms with Crippen molar-refractivity contribution in [2.75, 3.05) is 31.9 Å². The highest BCUT2D eigenvalue weighted by Crippen LogP contribution is 2.34. The second-order valence-corrected chi connectivity index (χ2v) is 7.44. The number of carbonyl (C=O) groups excluding carboxylic acids is 1. The van der Waals surface area contributed by atoms with Gasteiger partial charge in [0.15, 0.2) is 0 Å². The smallest absolute Gasteiger partial charge is 0.410 e. The third-order valence-corrected chi connectivity index (χ3v) is 5.76. The molecule has 0 aliphatic carbocycles. The molecule has 0 radical (unpaired) electrons. The van der Waals surface area contributed by atoms with Crippen molar-refractivity contribution in [2.45, 2.75) is 51.7 Å². The minimum atomic E-state index is -0.292. The fourth-order valence-electron chi connectivity index (χ4n) is 3.90. The molecule has 6 heteroatoms. The molecule has 1 amide bonds. The lowest BCUT2D eigenvalue weighted by molar-refractivity contribution is -0.00122. The van der Waals surface area contributed by atoms with Gasteiger partial charge in [0.2, 0.25) is 0 Å². The van der Waals surface area contributed by atoms with E-state index in [0.29, 0.717) is 11.7 Å². The molecule has 2 saturated heterocycles. The summed E-state index contributed by atoms with van der Waals surface area (Å²) in [5.41, 5.74) is 6.72. The van der Waals surface area contributed by atoms with E-state index in [9.17, 15) is 4.79 Å². The molecular formula is C19H30N4O2. The van der Waals surface area contributed by atoms with Crippen LogP contribution < -0.4 is 5.73 Å². The van der Waals surface area contributed by atoms with Crippen molar-refractivity contribution in [3.8, 4) is 0 Å². The number of likely N-dealkylation sites (tertiary alicyclic amines) is 1. The van der Waals surface area contributed by atoms with Crippen molar-refractivity contribution in [3.63, 3.8) is 0 Å². The van der Waals surface area contributed by atoms with Gasteiger partial charge in [0.1, 0.15) is 11.4 Å². The summed E-state index contributed by atoms with van der Waals surface area (Å²) in [7, 11) is 0. The maximum absolute atomic E-state index is 12.3. The Morgan fingerprint density at radius 2 is 2.04 bits per heavy atom. The van der Waals surface area contributed by atoms with Gasteiger partial charge in [-0.15, -0.1) is 0 Å².